The van der Waals surface area contributed by atoms with Crippen LogP contribution in [0.1, 0.15) is 59.4 Å². The van der Waals surface area contributed by atoms with Gasteiger partial charge < -0.3 is 10.4 Å². The van der Waals surface area contributed by atoms with Gasteiger partial charge in [-0.1, -0.05) is 24.8 Å². The summed E-state index contributed by atoms with van der Waals surface area (Å²) in [6.45, 7) is 0. The number of amides is 1. The lowest BCUT2D eigenvalue weighted by Crippen LogP contribution is -2.46. The lowest BCUT2D eigenvalue weighted by atomic mass is 9.92. The average Bonchev–Trinajstić information content (AvgIpc) is 3.00. The zero-order chi connectivity index (χ0) is 21.1. The second kappa shape index (κ2) is 8.99. The van der Waals surface area contributed by atoms with Gasteiger partial charge in [0.1, 0.15) is 5.56 Å². The fourth-order valence-corrected chi connectivity index (χ4v) is 4.10. The number of halogens is 1. The van der Waals surface area contributed by atoms with Crippen molar-refractivity contribution in [3.63, 3.8) is 0 Å². The zero-order valence-corrected chi connectivity index (χ0v) is 18.0. The Morgan fingerprint density at radius 1 is 1.33 bits per heavy atom. The van der Waals surface area contributed by atoms with E-state index in [1.807, 2.05) is 24.3 Å². The van der Waals surface area contributed by atoms with Crippen LogP contribution in [0.3, 0.4) is 0 Å². The number of rotatable bonds is 4. The molecule has 1 amide bonds. The molecule has 0 saturated heterocycles. The number of carbonyl (C=O) groups is 1. The van der Waals surface area contributed by atoms with Crippen LogP contribution in [-0.2, 0) is 6.42 Å². The average molecular weight is 468 g/mol. The number of nitrogens with one attached hydrogen (secondary N) is 1. The molecule has 154 valence electrons. The zero-order valence-electron chi connectivity index (χ0n) is 16.4. The maximum Gasteiger partial charge on any atom is 0.275 e. The van der Waals surface area contributed by atoms with Crippen molar-refractivity contribution in [1.29, 1.82) is 0 Å². The minimum absolute atomic E-state index is 0.0354. The van der Waals surface area contributed by atoms with Crippen LogP contribution in [0.2, 0.25) is 0 Å². The molecule has 0 bridgehead atoms. The molecule has 0 spiro atoms. The highest BCUT2D eigenvalue weighted by Crippen LogP contribution is 2.20. The molecule has 1 aliphatic carbocycles. The van der Waals surface area contributed by atoms with E-state index < -0.39 is 17.6 Å². The second-order valence-electron chi connectivity index (χ2n) is 7.58. The molecule has 1 saturated carbocycles. The molecule has 2 N–H and O–H groups in total. The number of hydrogen-bond acceptors (Lipinski definition) is 4. The van der Waals surface area contributed by atoms with E-state index in [0.717, 1.165) is 28.6 Å². The number of aliphatic hydroxyl groups excluding tert-OH is 1. The van der Waals surface area contributed by atoms with Gasteiger partial charge in [-0.25, -0.2) is 4.57 Å². The fraction of sp³-hybridized carbons (Fsp3) is 0.348. The van der Waals surface area contributed by atoms with Crippen LogP contribution < -0.4 is 10.9 Å². The Balaban J connectivity index is 1.73. The molecule has 4 rings (SSSR count). The van der Waals surface area contributed by atoms with Gasteiger partial charge in [0.25, 0.3) is 11.5 Å². The van der Waals surface area contributed by atoms with Crippen molar-refractivity contribution >= 4 is 27.9 Å². The Bertz CT molecular complexity index is 1110. The van der Waals surface area contributed by atoms with Crippen molar-refractivity contribution in [1.82, 2.24) is 14.9 Å². The molecule has 2 atom stereocenters. The minimum atomic E-state index is -0.583. The summed E-state index contributed by atoms with van der Waals surface area (Å²) in [5, 5.41) is 13.0. The molecular weight excluding hydrogens is 446 g/mol. The topological polar surface area (TPSA) is 84.2 Å². The van der Waals surface area contributed by atoms with Gasteiger partial charge in [-0.2, -0.15) is 0 Å². The Hall–Kier alpha value is -2.69. The molecule has 1 aliphatic heterocycles. The lowest BCUT2D eigenvalue weighted by molar-refractivity contribution is 0.0716. The number of aromatic nitrogens is 2. The first-order chi connectivity index (χ1) is 14.5. The number of carbonyl (C=O) groups excluding carboxylic acids is 1. The third-order valence-electron chi connectivity index (χ3n) is 5.46. The Kier molecular flexibility index (Phi) is 6.16. The third-order valence-corrected chi connectivity index (χ3v) is 5.93. The second-order valence-corrected chi connectivity index (χ2v) is 8.50. The molecule has 7 heteroatoms. The van der Waals surface area contributed by atoms with Gasteiger partial charge in [-0.05, 0) is 58.6 Å². The molecule has 6 nitrogen and oxygen atoms in total. The summed E-state index contributed by atoms with van der Waals surface area (Å²) in [6.07, 6.45) is 9.15. The first-order valence-corrected chi connectivity index (χ1v) is 10.9. The highest BCUT2D eigenvalue weighted by atomic mass is 79.9. The molecular formula is C23H22BrN3O3. The van der Waals surface area contributed by atoms with Gasteiger partial charge in [-0.3, -0.25) is 14.6 Å². The van der Waals surface area contributed by atoms with E-state index in [0.29, 0.717) is 31.4 Å². The van der Waals surface area contributed by atoms with E-state index in [2.05, 4.69) is 38.2 Å². The molecule has 3 heterocycles. The van der Waals surface area contributed by atoms with Crippen molar-refractivity contribution < 1.29 is 9.90 Å². The monoisotopic (exact) mass is 467 g/mol. The SMILES string of the molecule is O=C(N[C@H]1CCCC[C@@H]1O)c1cc(Cc2ccc(Br)cn2)c2n(c1=O)C#CCC=C2. The van der Waals surface area contributed by atoms with Crippen LogP contribution in [0, 0.1) is 12.0 Å². The summed E-state index contributed by atoms with van der Waals surface area (Å²) < 4.78 is 2.23. The molecule has 2 aromatic heterocycles. The molecule has 0 unspecified atom stereocenters. The molecule has 1 fully saturated rings. The fourth-order valence-electron chi connectivity index (χ4n) is 3.87. The minimum Gasteiger partial charge on any atom is -0.391 e. The molecule has 0 radical (unpaired) electrons. The third kappa shape index (κ3) is 4.40. The number of fused-ring (bicyclic) bond motifs is 1. The normalized spacial score (nSPS) is 19.9. The van der Waals surface area contributed by atoms with Crippen LogP contribution in [0.5, 0.6) is 0 Å². The molecule has 2 aliphatic rings. The smallest absolute Gasteiger partial charge is 0.275 e. The van der Waals surface area contributed by atoms with Gasteiger partial charge in [-0.15, -0.1) is 0 Å². The quantitative estimate of drug-likeness (QED) is 0.677. The number of hydrogen-bond donors (Lipinski definition) is 2. The number of allylic oxidation sites excluding steroid dienone is 1. The van der Waals surface area contributed by atoms with Crippen LogP contribution in [0.15, 0.2) is 39.7 Å². The van der Waals surface area contributed by atoms with E-state index in [1.54, 1.807) is 12.3 Å². The number of nitrogens with zero attached hydrogens (tertiary/aromatic N) is 2. The number of aliphatic hydroxyl groups is 1. The van der Waals surface area contributed by atoms with Gasteiger partial charge in [0.05, 0.1) is 17.8 Å². The first kappa shape index (κ1) is 20.6. The van der Waals surface area contributed by atoms with Crippen molar-refractivity contribution in [2.45, 2.75) is 50.7 Å². The van der Waals surface area contributed by atoms with E-state index in [4.69, 9.17) is 0 Å². The summed E-state index contributed by atoms with van der Waals surface area (Å²) in [7, 11) is 0. The van der Waals surface area contributed by atoms with Gasteiger partial charge >= 0.3 is 0 Å². The summed E-state index contributed by atoms with van der Waals surface area (Å²) in [5.41, 5.74) is 1.88. The van der Waals surface area contributed by atoms with E-state index in [-0.39, 0.29) is 11.6 Å². The van der Waals surface area contributed by atoms with Crippen LogP contribution in [-0.4, -0.2) is 32.7 Å². The van der Waals surface area contributed by atoms with E-state index in [1.165, 1.54) is 4.57 Å². The predicted molar refractivity (Wildman–Crippen MR) is 118 cm³/mol. The van der Waals surface area contributed by atoms with Gasteiger partial charge in [0.15, 0.2) is 0 Å². The summed E-state index contributed by atoms with van der Waals surface area (Å²) in [4.78, 5) is 30.5. The van der Waals surface area contributed by atoms with Crippen LogP contribution in [0.25, 0.3) is 6.08 Å². The summed E-state index contributed by atoms with van der Waals surface area (Å²) >= 11 is 3.38. The molecule has 30 heavy (non-hydrogen) atoms. The highest BCUT2D eigenvalue weighted by Gasteiger charge is 2.27. The van der Waals surface area contributed by atoms with Crippen LogP contribution >= 0.6 is 15.9 Å². The standard InChI is InChI=1S/C23H22BrN3O3/c24-16-9-10-17(25-14-16)12-15-13-18(22(29)26-19-6-3-4-8-21(19)28)23(30)27-11-5-1-2-7-20(15)27/h2,7,9-10,13-14,19,21,28H,1,3-4,6,8,12H2,(H,26,29)/t19-,21-/m0/s1. The first-order valence-electron chi connectivity index (χ1n) is 10.1. The largest absolute Gasteiger partial charge is 0.391 e. The van der Waals surface area contributed by atoms with E-state index >= 15 is 0 Å². The maximum atomic E-state index is 13.1. The van der Waals surface area contributed by atoms with Crippen molar-refractivity contribution in [3.05, 3.63) is 67.8 Å². The Morgan fingerprint density at radius 2 is 2.17 bits per heavy atom. The number of pyridine rings is 2. The van der Waals surface area contributed by atoms with Gasteiger partial charge in [0, 0.05) is 35.2 Å². The summed E-state index contributed by atoms with van der Waals surface area (Å²) in [5.74, 6) is 2.46. The van der Waals surface area contributed by atoms with E-state index in [9.17, 15) is 14.7 Å². The van der Waals surface area contributed by atoms with Crippen molar-refractivity contribution in [2.75, 3.05) is 0 Å². The van der Waals surface area contributed by atoms with Gasteiger partial charge in [0.2, 0.25) is 0 Å². The lowest BCUT2D eigenvalue weighted by Gasteiger charge is -2.28. The van der Waals surface area contributed by atoms with Crippen LogP contribution in [0.4, 0.5) is 0 Å². The molecule has 0 aromatic carbocycles. The Labute approximate surface area is 183 Å². The maximum absolute atomic E-state index is 13.1. The van der Waals surface area contributed by atoms with Crippen molar-refractivity contribution in [2.24, 2.45) is 0 Å². The molecule has 2 aromatic rings. The summed E-state index contributed by atoms with van der Waals surface area (Å²) in [6, 6.07) is 7.98. The highest BCUT2D eigenvalue weighted by molar-refractivity contribution is 9.10. The predicted octanol–water partition coefficient (Wildman–Crippen LogP) is 2.86. The Morgan fingerprint density at radius 3 is 2.93 bits per heavy atom. The van der Waals surface area contributed by atoms with Crippen molar-refractivity contribution in [3.8, 4) is 12.0 Å².